The second-order valence-corrected chi connectivity index (χ2v) is 9.55. The summed E-state index contributed by atoms with van der Waals surface area (Å²) >= 11 is 0. The van der Waals surface area contributed by atoms with E-state index in [0.29, 0.717) is 17.5 Å². The highest BCUT2D eigenvalue weighted by atomic mass is 16.2. The average Bonchev–Trinajstić information content (AvgIpc) is 2.99. The fourth-order valence-electron chi connectivity index (χ4n) is 4.30. The summed E-state index contributed by atoms with van der Waals surface area (Å²) in [6.07, 6.45) is 6.94. The number of rotatable bonds is 13. The summed E-state index contributed by atoms with van der Waals surface area (Å²) in [5, 5.41) is 0. The summed E-state index contributed by atoms with van der Waals surface area (Å²) in [4.78, 5) is 61.0. The van der Waals surface area contributed by atoms with Crippen molar-refractivity contribution in [1.29, 1.82) is 0 Å². The van der Waals surface area contributed by atoms with E-state index in [1.54, 1.807) is 6.21 Å². The van der Waals surface area contributed by atoms with Crippen molar-refractivity contribution < 1.29 is 24.0 Å². The Hall–Kier alpha value is -3.58. The summed E-state index contributed by atoms with van der Waals surface area (Å²) in [6, 6.07) is 7.93. The van der Waals surface area contributed by atoms with E-state index in [2.05, 4.69) is 4.99 Å². The van der Waals surface area contributed by atoms with Gasteiger partial charge in [-0.05, 0) is 74.4 Å². The number of nitrogens with zero attached hydrogens (tertiary/aromatic N) is 1. The quantitative estimate of drug-likeness (QED) is 0.142. The molecule has 2 N–H and O–H groups in total. The van der Waals surface area contributed by atoms with Gasteiger partial charge in [0.2, 0.25) is 23.1 Å². The minimum Gasteiger partial charge on any atom is -0.324 e. The molecule has 0 aliphatic heterocycles. The van der Waals surface area contributed by atoms with Crippen molar-refractivity contribution in [1.82, 2.24) is 0 Å². The summed E-state index contributed by atoms with van der Waals surface area (Å²) in [6.45, 7) is 15.5. The van der Waals surface area contributed by atoms with E-state index < -0.39 is 23.1 Å². The first-order valence-corrected chi connectivity index (χ1v) is 14.5. The second-order valence-electron chi connectivity index (χ2n) is 9.55. The van der Waals surface area contributed by atoms with E-state index in [1.807, 2.05) is 79.7 Å². The predicted molar refractivity (Wildman–Crippen MR) is 168 cm³/mol. The maximum absolute atomic E-state index is 12.4. The van der Waals surface area contributed by atoms with Gasteiger partial charge in [-0.3, -0.25) is 24.2 Å². The molecule has 0 bridgehead atoms. The molecule has 2 aromatic rings. The maximum Gasteiger partial charge on any atom is 0.231 e. The molecule has 0 saturated heterocycles. The number of aldehydes is 1. The van der Waals surface area contributed by atoms with E-state index in [9.17, 15) is 24.0 Å². The van der Waals surface area contributed by atoms with Crippen molar-refractivity contribution in [2.75, 3.05) is 13.1 Å². The molecule has 0 fully saturated rings. The second kappa shape index (κ2) is 20.3. The number of benzene rings is 2. The normalized spacial score (nSPS) is 10.3. The number of ketones is 4. The fraction of sp³-hybridized carbons (Fsp3) is 0.471. The van der Waals surface area contributed by atoms with E-state index in [-0.39, 0.29) is 13.1 Å². The molecule has 0 spiro atoms. The van der Waals surface area contributed by atoms with Crippen LogP contribution in [0.25, 0.3) is 0 Å². The smallest absolute Gasteiger partial charge is 0.231 e. The molecule has 41 heavy (non-hydrogen) atoms. The highest BCUT2D eigenvalue weighted by Gasteiger charge is 2.22. The van der Waals surface area contributed by atoms with E-state index >= 15 is 0 Å². The minimum atomic E-state index is -0.516. The van der Waals surface area contributed by atoms with Crippen molar-refractivity contribution in [3.8, 4) is 0 Å². The average molecular weight is 565 g/mol. The summed E-state index contributed by atoms with van der Waals surface area (Å²) < 4.78 is 0. The van der Waals surface area contributed by atoms with Gasteiger partial charge in [0.25, 0.3) is 0 Å². The van der Waals surface area contributed by atoms with Crippen LogP contribution < -0.4 is 5.73 Å². The molecule has 7 heteroatoms. The van der Waals surface area contributed by atoms with E-state index in [4.69, 9.17) is 5.73 Å². The molecular weight excluding hydrogens is 516 g/mol. The van der Waals surface area contributed by atoms with Crippen LogP contribution in [0.2, 0.25) is 0 Å². The number of hydrogen-bond donors (Lipinski definition) is 1. The number of nitrogens with two attached hydrogens (primary N) is 1. The minimum absolute atomic E-state index is 0.0488. The topological polar surface area (TPSA) is 124 Å². The van der Waals surface area contributed by atoms with Crippen LogP contribution in [0.4, 0.5) is 0 Å². The first kappa shape index (κ1) is 37.4. The Morgan fingerprint density at radius 2 is 1.00 bits per heavy atom. The summed E-state index contributed by atoms with van der Waals surface area (Å²) in [5.74, 6) is -1.78. The lowest BCUT2D eigenvalue weighted by molar-refractivity contribution is -0.114. The molecule has 7 nitrogen and oxygen atoms in total. The van der Waals surface area contributed by atoms with Gasteiger partial charge < -0.3 is 10.5 Å². The molecule has 0 aliphatic carbocycles. The zero-order valence-electron chi connectivity index (χ0n) is 26.2. The van der Waals surface area contributed by atoms with Gasteiger partial charge in [0.15, 0.2) is 0 Å². The number of aryl methyl sites for hydroxylation is 6. The van der Waals surface area contributed by atoms with Crippen molar-refractivity contribution in [2.45, 2.75) is 93.9 Å². The zero-order chi connectivity index (χ0) is 31.5. The van der Waals surface area contributed by atoms with Crippen molar-refractivity contribution in [2.24, 2.45) is 10.7 Å². The van der Waals surface area contributed by atoms with Gasteiger partial charge in [-0.25, -0.2) is 0 Å². The Kier molecular flexibility index (Phi) is 18.5. The fourth-order valence-corrected chi connectivity index (χ4v) is 4.30. The Morgan fingerprint density at radius 1 is 0.659 bits per heavy atom. The lowest BCUT2D eigenvalue weighted by atomic mass is 9.91. The molecule has 0 amide bonds. The molecule has 0 aromatic heterocycles. The largest absolute Gasteiger partial charge is 0.324 e. The molecule has 0 unspecified atom stereocenters. The van der Waals surface area contributed by atoms with Gasteiger partial charge in [-0.1, -0.05) is 76.9 Å². The maximum atomic E-state index is 12.4. The lowest BCUT2D eigenvalue weighted by Crippen LogP contribution is -2.25. The third-order valence-electron chi connectivity index (χ3n) is 6.27. The lowest BCUT2D eigenvalue weighted by Gasteiger charge is -2.12. The van der Waals surface area contributed by atoms with Crippen molar-refractivity contribution in [3.05, 3.63) is 68.8 Å². The van der Waals surface area contributed by atoms with Gasteiger partial charge in [0, 0.05) is 17.5 Å². The SMILES string of the molecule is CCC=NCC(=O)C(=O)c1c(CC)cc(C)cc1CC.CCC=O.CCc1cc(C)cc(CC)c1C(=O)C(=O)CN. The Balaban J connectivity index is 0.000000697. The van der Waals surface area contributed by atoms with Crippen LogP contribution in [0.15, 0.2) is 29.3 Å². The van der Waals surface area contributed by atoms with Crippen LogP contribution in [-0.4, -0.2) is 48.7 Å². The number of carbonyl (C=O) groups excluding carboxylic acids is 5. The molecule has 0 radical (unpaired) electrons. The Labute approximate surface area is 246 Å². The van der Waals surface area contributed by atoms with Gasteiger partial charge in [0.05, 0.1) is 6.54 Å². The zero-order valence-corrected chi connectivity index (χ0v) is 26.2. The predicted octanol–water partition coefficient (Wildman–Crippen LogP) is 5.78. The molecule has 0 atom stereocenters. The van der Waals surface area contributed by atoms with Crippen LogP contribution in [0.1, 0.15) is 108 Å². The molecule has 2 aromatic carbocycles. The highest BCUT2D eigenvalue weighted by molar-refractivity contribution is 6.45. The van der Waals surface area contributed by atoms with E-state index in [0.717, 1.165) is 71.8 Å². The van der Waals surface area contributed by atoms with Gasteiger partial charge in [0.1, 0.15) is 12.8 Å². The molecule has 0 saturated carbocycles. The number of carbonyl (C=O) groups is 5. The Bertz CT molecular complexity index is 1180. The molecule has 0 aliphatic rings. The van der Waals surface area contributed by atoms with Crippen molar-refractivity contribution >= 4 is 35.6 Å². The summed E-state index contributed by atoms with van der Waals surface area (Å²) in [5.41, 5.74) is 12.5. The van der Waals surface area contributed by atoms with Gasteiger partial charge in [-0.15, -0.1) is 0 Å². The van der Waals surface area contributed by atoms with E-state index in [1.165, 1.54) is 0 Å². The monoisotopic (exact) mass is 564 g/mol. The van der Waals surface area contributed by atoms with Gasteiger partial charge >= 0.3 is 0 Å². The Morgan fingerprint density at radius 3 is 1.27 bits per heavy atom. The molecule has 0 heterocycles. The molecule has 2 rings (SSSR count). The first-order valence-electron chi connectivity index (χ1n) is 14.5. The third kappa shape index (κ3) is 11.8. The van der Waals surface area contributed by atoms with Crippen LogP contribution in [0.5, 0.6) is 0 Å². The standard InChI is InChI=1S/C17H23NO2.C14H19NO2.C3H6O/c1-5-8-18-11-15(19)17(20)16-13(6-2)9-12(4)10-14(16)7-3;1-4-10-6-9(3)7-11(5-2)13(10)14(17)12(16)8-15;1-2-3-4/h8-10H,5-7,11H2,1-4H3;6-7H,4-5,8,15H2,1-3H3;3H,2H2,1H3. The molecular formula is C34H48N2O5. The third-order valence-corrected chi connectivity index (χ3v) is 6.27. The van der Waals surface area contributed by atoms with Crippen LogP contribution in [-0.2, 0) is 40.1 Å². The number of aliphatic imine (C=N–C) groups is 1. The van der Waals surface area contributed by atoms with Crippen molar-refractivity contribution in [3.63, 3.8) is 0 Å². The summed E-state index contributed by atoms with van der Waals surface area (Å²) in [7, 11) is 0. The molecule has 224 valence electrons. The highest BCUT2D eigenvalue weighted by Crippen LogP contribution is 2.21. The number of Topliss-reactive ketones (excluding diaryl/α,β-unsaturated/α-hetero) is 4. The number of hydrogen-bond acceptors (Lipinski definition) is 7. The van der Waals surface area contributed by atoms with Gasteiger partial charge in [-0.2, -0.15) is 0 Å². The van der Waals surface area contributed by atoms with Crippen LogP contribution >= 0.6 is 0 Å². The first-order chi connectivity index (χ1) is 19.5. The van der Waals surface area contributed by atoms with Crippen LogP contribution in [0, 0.1) is 13.8 Å². The van der Waals surface area contributed by atoms with Crippen LogP contribution in [0.3, 0.4) is 0 Å².